The summed E-state index contributed by atoms with van der Waals surface area (Å²) in [5, 5.41) is 0. The molecular weight excluding hydrogens is 292 g/mol. The van der Waals surface area contributed by atoms with Crippen LogP contribution in [0.3, 0.4) is 0 Å². The van der Waals surface area contributed by atoms with Crippen LogP contribution in [0, 0.1) is 0 Å². The Balaban J connectivity index is 2.94. The second-order valence-electron chi connectivity index (χ2n) is 3.89. The Bertz CT molecular complexity index is 656. The molecule has 1 rings (SSSR count). The third-order valence-corrected chi connectivity index (χ3v) is 5.27. The van der Waals surface area contributed by atoms with Crippen molar-refractivity contribution in [3.8, 4) is 0 Å². The van der Waals surface area contributed by atoms with Crippen LogP contribution in [-0.4, -0.2) is 41.9 Å². The third-order valence-electron chi connectivity index (χ3n) is 2.41. The van der Waals surface area contributed by atoms with Gasteiger partial charge in [0.05, 0.1) is 29.1 Å². The van der Waals surface area contributed by atoms with E-state index in [1.54, 1.807) is 0 Å². The van der Waals surface area contributed by atoms with Crippen molar-refractivity contribution in [3.05, 3.63) is 24.3 Å². The van der Waals surface area contributed by atoms with E-state index in [2.05, 4.69) is 4.74 Å². The standard InChI is InChI=1S/C11H14O6S2/c1-17-11(12)7-8-19(15,16)10-5-3-9(4-6-10)18(2,13)14/h3-6H,7-8H2,1-2H3. The van der Waals surface area contributed by atoms with Crippen molar-refractivity contribution < 1.29 is 26.4 Å². The van der Waals surface area contributed by atoms with Crippen molar-refractivity contribution in [1.29, 1.82) is 0 Å². The lowest BCUT2D eigenvalue weighted by atomic mass is 10.4. The second-order valence-corrected chi connectivity index (χ2v) is 8.01. The van der Waals surface area contributed by atoms with E-state index >= 15 is 0 Å². The Kier molecular flexibility index (Phi) is 4.70. The summed E-state index contributed by atoms with van der Waals surface area (Å²) in [7, 11) is -5.81. The van der Waals surface area contributed by atoms with Crippen LogP contribution in [0.2, 0.25) is 0 Å². The highest BCUT2D eigenvalue weighted by Gasteiger charge is 2.17. The van der Waals surface area contributed by atoms with Crippen molar-refractivity contribution in [2.24, 2.45) is 0 Å². The van der Waals surface area contributed by atoms with E-state index in [4.69, 9.17) is 0 Å². The van der Waals surface area contributed by atoms with Gasteiger partial charge in [-0.05, 0) is 24.3 Å². The van der Waals surface area contributed by atoms with Gasteiger partial charge in [0.1, 0.15) is 0 Å². The molecule has 0 aliphatic carbocycles. The van der Waals surface area contributed by atoms with Gasteiger partial charge in [0.15, 0.2) is 19.7 Å². The molecule has 0 fully saturated rings. The minimum Gasteiger partial charge on any atom is -0.469 e. The van der Waals surface area contributed by atoms with Gasteiger partial charge in [-0.25, -0.2) is 16.8 Å². The van der Waals surface area contributed by atoms with Crippen molar-refractivity contribution in [2.45, 2.75) is 16.2 Å². The third kappa shape index (κ3) is 4.32. The fourth-order valence-corrected chi connectivity index (χ4v) is 3.18. The molecule has 0 spiro atoms. The normalized spacial score (nSPS) is 12.1. The molecule has 0 amide bonds. The predicted molar refractivity (Wildman–Crippen MR) is 68.2 cm³/mol. The molecule has 0 radical (unpaired) electrons. The molecular formula is C11H14O6S2. The minimum atomic E-state index is -3.62. The van der Waals surface area contributed by atoms with Gasteiger partial charge in [0.2, 0.25) is 0 Å². The highest BCUT2D eigenvalue weighted by Crippen LogP contribution is 2.16. The van der Waals surface area contributed by atoms with E-state index < -0.39 is 25.6 Å². The van der Waals surface area contributed by atoms with Gasteiger partial charge >= 0.3 is 5.97 Å². The van der Waals surface area contributed by atoms with E-state index in [1.165, 1.54) is 31.4 Å². The molecule has 0 bridgehead atoms. The van der Waals surface area contributed by atoms with Gasteiger partial charge < -0.3 is 4.74 Å². The highest BCUT2D eigenvalue weighted by atomic mass is 32.2. The van der Waals surface area contributed by atoms with Gasteiger partial charge in [-0.15, -0.1) is 0 Å². The zero-order chi connectivity index (χ0) is 14.7. The van der Waals surface area contributed by atoms with Gasteiger partial charge in [-0.2, -0.15) is 0 Å². The lowest BCUT2D eigenvalue weighted by molar-refractivity contribution is -0.140. The monoisotopic (exact) mass is 306 g/mol. The molecule has 0 unspecified atom stereocenters. The number of benzene rings is 1. The van der Waals surface area contributed by atoms with Crippen molar-refractivity contribution in [3.63, 3.8) is 0 Å². The SMILES string of the molecule is COC(=O)CCS(=O)(=O)c1ccc(S(C)(=O)=O)cc1. The molecule has 19 heavy (non-hydrogen) atoms. The number of rotatable bonds is 5. The zero-order valence-electron chi connectivity index (χ0n) is 10.5. The first-order valence-electron chi connectivity index (χ1n) is 5.26. The molecule has 0 atom stereocenters. The van der Waals surface area contributed by atoms with Crippen molar-refractivity contribution >= 4 is 25.6 Å². The molecule has 1 aromatic rings. The largest absolute Gasteiger partial charge is 0.469 e. The van der Waals surface area contributed by atoms with Gasteiger partial charge in [0.25, 0.3) is 0 Å². The molecule has 0 saturated heterocycles. The maximum absolute atomic E-state index is 11.9. The minimum absolute atomic E-state index is 0.0243. The van der Waals surface area contributed by atoms with Gasteiger partial charge in [-0.1, -0.05) is 0 Å². The van der Waals surface area contributed by atoms with E-state index in [0.29, 0.717) is 0 Å². The first-order chi connectivity index (χ1) is 8.66. The summed E-state index contributed by atoms with van der Waals surface area (Å²) in [5.41, 5.74) is 0. The van der Waals surface area contributed by atoms with Gasteiger partial charge in [0, 0.05) is 6.26 Å². The van der Waals surface area contributed by atoms with Crippen LogP contribution in [0.5, 0.6) is 0 Å². The van der Waals surface area contributed by atoms with Crippen LogP contribution < -0.4 is 0 Å². The van der Waals surface area contributed by atoms with Crippen LogP contribution >= 0.6 is 0 Å². The number of ether oxygens (including phenoxy) is 1. The molecule has 0 heterocycles. The Morgan fingerprint density at radius 3 is 1.95 bits per heavy atom. The fourth-order valence-electron chi connectivity index (χ4n) is 1.33. The van der Waals surface area contributed by atoms with E-state index in [1.807, 2.05) is 0 Å². The number of esters is 1. The molecule has 6 nitrogen and oxygen atoms in total. The van der Waals surface area contributed by atoms with Gasteiger partial charge in [-0.3, -0.25) is 4.79 Å². The second kappa shape index (κ2) is 5.70. The van der Waals surface area contributed by atoms with E-state index in [-0.39, 0.29) is 22.0 Å². The first-order valence-corrected chi connectivity index (χ1v) is 8.81. The highest BCUT2D eigenvalue weighted by molar-refractivity contribution is 7.91. The number of hydrogen-bond acceptors (Lipinski definition) is 6. The van der Waals surface area contributed by atoms with E-state index in [9.17, 15) is 21.6 Å². The van der Waals surface area contributed by atoms with Crippen LogP contribution in [-0.2, 0) is 29.2 Å². The summed E-state index contributed by atoms with van der Waals surface area (Å²) < 4.78 is 50.5. The van der Waals surface area contributed by atoms with Crippen LogP contribution in [0.25, 0.3) is 0 Å². The van der Waals surface area contributed by atoms with E-state index in [0.717, 1.165) is 6.26 Å². The molecule has 0 aliphatic rings. The number of methoxy groups -OCH3 is 1. The zero-order valence-corrected chi connectivity index (χ0v) is 12.1. The van der Waals surface area contributed by atoms with Crippen molar-refractivity contribution in [1.82, 2.24) is 0 Å². The summed E-state index contributed by atoms with van der Waals surface area (Å²) in [6.45, 7) is 0. The lowest BCUT2D eigenvalue weighted by Crippen LogP contribution is -2.12. The topological polar surface area (TPSA) is 94.6 Å². The Labute approximate surface area is 112 Å². The number of carbonyl (C=O) groups is 1. The number of carbonyl (C=O) groups excluding carboxylic acids is 1. The molecule has 0 N–H and O–H groups in total. The van der Waals surface area contributed by atoms with Crippen LogP contribution in [0.1, 0.15) is 6.42 Å². The number of hydrogen-bond donors (Lipinski definition) is 0. The first kappa shape index (κ1) is 15.6. The average molecular weight is 306 g/mol. The Morgan fingerprint density at radius 1 is 1.05 bits per heavy atom. The average Bonchev–Trinajstić information content (AvgIpc) is 2.35. The summed E-state index contributed by atoms with van der Waals surface area (Å²) in [6, 6.07) is 4.87. The molecule has 106 valence electrons. The molecule has 8 heteroatoms. The summed E-state index contributed by atoms with van der Waals surface area (Å²) in [4.78, 5) is 10.9. The molecule has 0 aromatic heterocycles. The van der Waals surface area contributed by atoms with Crippen LogP contribution in [0.4, 0.5) is 0 Å². The smallest absolute Gasteiger partial charge is 0.306 e. The fraction of sp³-hybridized carbons (Fsp3) is 0.364. The maximum atomic E-state index is 11.9. The lowest BCUT2D eigenvalue weighted by Gasteiger charge is -2.04. The molecule has 0 aliphatic heterocycles. The summed E-state index contributed by atoms with van der Waals surface area (Å²) in [5.74, 6) is -0.992. The Hall–Kier alpha value is -1.41. The Morgan fingerprint density at radius 2 is 1.53 bits per heavy atom. The number of sulfone groups is 2. The van der Waals surface area contributed by atoms with Crippen molar-refractivity contribution in [2.75, 3.05) is 19.1 Å². The summed E-state index contributed by atoms with van der Waals surface area (Å²) >= 11 is 0. The quantitative estimate of drug-likeness (QED) is 0.732. The maximum Gasteiger partial charge on any atom is 0.306 e. The van der Waals surface area contributed by atoms with Crippen LogP contribution in [0.15, 0.2) is 34.1 Å². The molecule has 0 saturated carbocycles. The predicted octanol–water partition coefficient (Wildman–Crippen LogP) is 0.427. The molecule has 1 aromatic carbocycles. The summed E-state index contributed by atoms with van der Waals surface area (Å²) in [6.07, 6.45) is 0.792.